The molecule has 2 aromatic rings. The fourth-order valence-corrected chi connectivity index (χ4v) is 3.76. The zero-order valence-electron chi connectivity index (χ0n) is 17.1. The van der Waals surface area contributed by atoms with Crippen molar-refractivity contribution in [2.45, 2.75) is 52.1 Å². The van der Waals surface area contributed by atoms with Crippen molar-refractivity contribution in [3.8, 4) is 0 Å². The molecule has 156 valence electrons. The van der Waals surface area contributed by atoms with Crippen LogP contribution < -0.4 is 5.32 Å². The molecule has 1 unspecified atom stereocenters. The molecule has 0 spiro atoms. The molecule has 0 saturated heterocycles. The predicted octanol–water partition coefficient (Wildman–Crippen LogP) is 4.91. The highest BCUT2D eigenvalue weighted by Gasteiger charge is 2.29. The quantitative estimate of drug-likeness (QED) is 0.609. The number of benzene rings is 2. The van der Waals surface area contributed by atoms with E-state index in [4.69, 9.17) is 23.2 Å². The summed E-state index contributed by atoms with van der Waals surface area (Å²) in [7, 11) is 0. The van der Waals surface area contributed by atoms with Crippen LogP contribution in [-0.4, -0.2) is 35.3 Å². The van der Waals surface area contributed by atoms with Gasteiger partial charge in [-0.25, -0.2) is 0 Å². The van der Waals surface area contributed by atoms with Crippen LogP contribution in [0.3, 0.4) is 0 Å². The molecular formula is C23H28Cl2N2O2. The lowest BCUT2D eigenvalue weighted by atomic mass is 10.1. The Bertz CT molecular complexity index is 805. The van der Waals surface area contributed by atoms with Crippen LogP contribution in [0.25, 0.3) is 0 Å². The third-order valence-electron chi connectivity index (χ3n) is 4.69. The highest BCUT2D eigenvalue weighted by molar-refractivity contribution is 6.36. The van der Waals surface area contributed by atoms with Gasteiger partial charge in [0.2, 0.25) is 11.8 Å². The number of hydrogen-bond acceptors (Lipinski definition) is 2. The minimum absolute atomic E-state index is 0.000590. The number of carbonyl (C=O) groups excluding carboxylic acids is 2. The Labute approximate surface area is 183 Å². The molecule has 4 nitrogen and oxygen atoms in total. The molecule has 0 aliphatic heterocycles. The molecular weight excluding hydrogens is 407 g/mol. The molecule has 1 atom stereocenters. The SMILES string of the molecule is CCC(C(=O)NC(C)C)N(CCc1ccccc1)C(=O)Cc1c(Cl)cccc1Cl. The van der Waals surface area contributed by atoms with Crippen LogP contribution in [-0.2, 0) is 22.4 Å². The first kappa shape index (κ1) is 23.2. The van der Waals surface area contributed by atoms with E-state index in [2.05, 4.69) is 5.32 Å². The topological polar surface area (TPSA) is 49.4 Å². The Morgan fingerprint density at radius 1 is 1.00 bits per heavy atom. The van der Waals surface area contributed by atoms with E-state index in [1.807, 2.05) is 51.1 Å². The molecule has 0 aromatic heterocycles. The molecule has 0 radical (unpaired) electrons. The fourth-order valence-electron chi connectivity index (χ4n) is 3.23. The van der Waals surface area contributed by atoms with Crippen molar-refractivity contribution in [3.63, 3.8) is 0 Å². The maximum absolute atomic E-state index is 13.3. The van der Waals surface area contributed by atoms with E-state index in [0.717, 1.165) is 5.56 Å². The van der Waals surface area contributed by atoms with Gasteiger partial charge >= 0.3 is 0 Å². The summed E-state index contributed by atoms with van der Waals surface area (Å²) in [6, 6.07) is 14.6. The zero-order valence-corrected chi connectivity index (χ0v) is 18.6. The smallest absolute Gasteiger partial charge is 0.242 e. The molecule has 29 heavy (non-hydrogen) atoms. The van der Waals surface area contributed by atoms with Gasteiger partial charge in [-0.05, 0) is 49.9 Å². The van der Waals surface area contributed by atoms with Crippen molar-refractivity contribution in [3.05, 3.63) is 69.7 Å². The number of amides is 2. The van der Waals surface area contributed by atoms with Gasteiger partial charge in [0.15, 0.2) is 0 Å². The van der Waals surface area contributed by atoms with Crippen LogP contribution in [0.2, 0.25) is 10.0 Å². The van der Waals surface area contributed by atoms with Crippen LogP contribution in [0.1, 0.15) is 38.3 Å². The molecule has 0 aliphatic carbocycles. The normalized spacial score (nSPS) is 11.9. The second-order valence-corrected chi connectivity index (χ2v) is 8.10. The molecule has 0 heterocycles. The van der Waals surface area contributed by atoms with Crippen LogP contribution in [0.15, 0.2) is 48.5 Å². The largest absolute Gasteiger partial charge is 0.352 e. The van der Waals surface area contributed by atoms with Gasteiger partial charge in [0, 0.05) is 22.6 Å². The summed E-state index contributed by atoms with van der Waals surface area (Å²) >= 11 is 12.5. The molecule has 0 fully saturated rings. The van der Waals surface area contributed by atoms with Crippen molar-refractivity contribution in [2.24, 2.45) is 0 Å². The first-order chi connectivity index (χ1) is 13.8. The van der Waals surface area contributed by atoms with Crippen molar-refractivity contribution in [2.75, 3.05) is 6.54 Å². The second-order valence-electron chi connectivity index (χ2n) is 7.29. The minimum atomic E-state index is -0.546. The first-order valence-electron chi connectivity index (χ1n) is 9.90. The number of carbonyl (C=O) groups is 2. The third kappa shape index (κ3) is 6.76. The highest BCUT2D eigenvalue weighted by atomic mass is 35.5. The highest BCUT2D eigenvalue weighted by Crippen LogP contribution is 2.25. The Hall–Kier alpha value is -2.04. The lowest BCUT2D eigenvalue weighted by Crippen LogP contribution is -2.51. The third-order valence-corrected chi connectivity index (χ3v) is 5.40. The number of nitrogens with zero attached hydrogens (tertiary/aromatic N) is 1. The van der Waals surface area contributed by atoms with Gasteiger partial charge in [0.05, 0.1) is 6.42 Å². The summed E-state index contributed by atoms with van der Waals surface area (Å²) < 4.78 is 0. The minimum Gasteiger partial charge on any atom is -0.352 e. The molecule has 0 aliphatic rings. The van der Waals surface area contributed by atoms with E-state index < -0.39 is 6.04 Å². The van der Waals surface area contributed by atoms with Crippen LogP contribution in [0, 0.1) is 0 Å². The van der Waals surface area contributed by atoms with Crippen LogP contribution in [0.4, 0.5) is 0 Å². The van der Waals surface area contributed by atoms with E-state index >= 15 is 0 Å². The Morgan fingerprint density at radius 3 is 2.17 bits per heavy atom. The van der Waals surface area contributed by atoms with Crippen molar-refractivity contribution >= 4 is 35.0 Å². The van der Waals surface area contributed by atoms with Crippen LogP contribution >= 0.6 is 23.2 Å². The van der Waals surface area contributed by atoms with Gasteiger partial charge < -0.3 is 10.2 Å². The van der Waals surface area contributed by atoms with Crippen molar-refractivity contribution in [1.82, 2.24) is 10.2 Å². The average Bonchev–Trinajstić information content (AvgIpc) is 2.68. The lowest BCUT2D eigenvalue weighted by Gasteiger charge is -2.31. The molecule has 6 heteroatoms. The standard InChI is InChI=1S/C23H28Cl2N2O2/c1-4-21(23(29)26-16(2)3)27(14-13-17-9-6-5-7-10-17)22(28)15-18-19(24)11-8-12-20(18)25/h5-12,16,21H,4,13-15H2,1-3H3,(H,26,29). The lowest BCUT2D eigenvalue weighted by molar-refractivity contribution is -0.140. The van der Waals surface area contributed by atoms with Gasteiger partial charge in [-0.1, -0.05) is 66.5 Å². The summed E-state index contributed by atoms with van der Waals surface area (Å²) in [5.74, 6) is -0.309. The monoisotopic (exact) mass is 434 g/mol. The van der Waals surface area contributed by atoms with E-state index in [-0.39, 0.29) is 24.3 Å². The maximum atomic E-state index is 13.3. The second kappa shape index (κ2) is 11.2. The number of nitrogens with one attached hydrogen (secondary N) is 1. The average molecular weight is 435 g/mol. The van der Waals surface area contributed by atoms with E-state index in [0.29, 0.717) is 35.0 Å². The zero-order chi connectivity index (χ0) is 21.4. The Balaban J connectivity index is 2.26. The maximum Gasteiger partial charge on any atom is 0.242 e. The van der Waals surface area contributed by atoms with E-state index in [9.17, 15) is 9.59 Å². The molecule has 0 bridgehead atoms. The number of halogens is 2. The fraction of sp³-hybridized carbons (Fsp3) is 0.391. The molecule has 2 aromatic carbocycles. The summed E-state index contributed by atoms with van der Waals surface area (Å²) in [5.41, 5.74) is 1.70. The first-order valence-corrected chi connectivity index (χ1v) is 10.7. The van der Waals surface area contributed by atoms with Crippen LogP contribution in [0.5, 0.6) is 0 Å². The van der Waals surface area contributed by atoms with Crippen molar-refractivity contribution in [1.29, 1.82) is 0 Å². The van der Waals surface area contributed by atoms with Gasteiger partial charge in [-0.2, -0.15) is 0 Å². The van der Waals surface area contributed by atoms with Crippen molar-refractivity contribution < 1.29 is 9.59 Å². The van der Waals surface area contributed by atoms with Gasteiger partial charge in [0.1, 0.15) is 6.04 Å². The predicted molar refractivity (Wildman–Crippen MR) is 119 cm³/mol. The number of rotatable bonds is 9. The summed E-state index contributed by atoms with van der Waals surface area (Å²) in [6.07, 6.45) is 1.24. The molecule has 0 saturated carbocycles. The molecule has 2 rings (SSSR count). The van der Waals surface area contributed by atoms with Gasteiger partial charge in [-0.3, -0.25) is 9.59 Å². The number of hydrogen-bond donors (Lipinski definition) is 1. The van der Waals surface area contributed by atoms with E-state index in [1.165, 1.54) is 0 Å². The summed E-state index contributed by atoms with van der Waals surface area (Å²) in [4.78, 5) is 27.7. The van der Waals surface area contributed by atoms with Gasteiger partial charge in [0.25, 0.3) is 0 Å². The molecule has 1 N–H and O–H groups in total. The summed E-state index contributed by atoms with van der Waals surface area (Å²) in [5, 5.41) is 3.83. The molecule has 2 amide bonds. The Kier molecular flexibility index (Phi) is 8.99. The van der Waals surface area contributed by atoms with E-state index in [1.54, 1.807) is 23.1 Å². The Morgan fingerprint density at radius 2 is 1.62 bits per heavy atom. The summed E-state index contributed by atoms with van der Waals surface area (Å²) in [6.45, 7) is 6.17. The van der Waals surface area contributed by atoms with Gasteiger partial charge in [-0.15, -0.1) is 0 Å².